The fourth-order valence-electron chi connectivity index (χ4n) is 3.81. The first-order valence-corrected chi connectivity index (χ1v) is 12.1. The van der Waals surface area contributed by atoms with Crippen LogP contribution >= 0.6 is 11.8 Å². The number of aromatic nitrogens is 3. The largest absolute Gasteiger partial charge is 0.497 e. The number of carbonyl (C=O) groups is 2. The number of benzene rings is 2. The summed E-state index contributed by atoms with van der Waals surface area (Å²) in [6.07, 6.45) is 2.47. The number of anilines is 2. The molecule has 2 aromatic carbocycles. The van der Waals surface area contributed by atoms with Gasteiger partial charge in [0, 0.05) is 50.2 Å². The van der Waals surface area contributed by atoms with Gasteiger partial charge in [0.2, 0.25) is 5.91 Å². The van der Waals surface area contributed by atoms with Crippen molar-refractivity contribution in [3.63, 3.8) is 0 Å². The number of thioether (sulfide) groups is 1. The molecule has 1 aromatic heterocycles. The average molecular weight is 481 g/mol. The van der Waals surface area contributed by atoms with Gasteiger partial charge in [-0.3, -0.25) is 9.59 Å². The molecule has 4 rings (SSSR count). The van der Waals surface area contributed by atoms with E-state index in [9.17, 15) is 9.59 Å². The summed E-state index contributed by atoms with van der Waals surface area (Å²) in [6, 6.07) is 15.1. The van der Waals surface area contributed by atoms with E-state index in [1.807, 2.05) is 36.2 Å². The zero-order chi connectivity index (χ0) is 23.9. The molecule has 2 heterocycles. The molecule has 178 valence electrons. The lowest BCUT2D eigenvalue weighted by molar-refractivity contribution is -0.113. The van der Waals surface area contributed by atoms with Crippen LogP contribution in [-0.4, -0.2) is 70.5 Å². The number of aryl methyl sites for hydroxylation is 1. The number of carbonyl (C=O) groups excluding carboxylic acids is 2. The quantitative estimate of drug-likeness (QED) is 0.520. The van der Waals surface area contributed by atoms with E-state index < -0.39 is 0 Å². The highest BCUT2D eigenvalue weighted by Crippen LogP contribution is 2.22. The van der Waals surface area contributed by atoms with Crippen molar-refractivity contribution in [2.75, 3.05) is 49.3 Å². The molecule has 1 N–H and O–H groups in total. The predicted molar refractivity (Wildman–Crippen MR) is 133 cm³/mol. The molecule has 0 radical (unpaired) electrons. The lowest BCUT2D eigenvalue weighted by Gasteiger charge is -2.24. The van der Waals surface area contributed by atoms with Crippen LogP contribution in [0.4, 0.5) is 11.4 Å². The number of amides is 2. The Morgan fingerprint density at radius 1 is 1.09 bits per heavy atom. The first-order valence-electron chi connectivity index (χ1n) is 11.1. The van der Waals surface area contributed by atoms with Crippen LogP contribution in [0, 0.1) is 0 Å². The van der Waals surface area contributed by atoms with Crippen molar-refractivity contribution < 1.29 is 14.3 Å². The molecule has 34 heavy (non-hydrogen) atoms. The third-order valence-corrected chi connectivity index (χ3v) is 6.65. The molecule has 0 atom stereocenters. The normalized spacial score (nSPS) is 13.9. The predicted octanol–water partition coefficient (Wildman–Crippen LogP) is 2.91. The second-order valence-corrected chi connectivity index (χ2v) is 8.92. The number of ether oxygens (including phenoxy) is 1. The minimum atomic E-state index is -0.164. The molecule has 1 fully saturated rings. The second kappa shape index (κ2) is 11.1. The first-order chi connectivity index (χ1) is 16.5. The zero-order valence-electron chi connectivity index (χ0n) is 19.3. The Kier molecular flexibility index (Phi) is 7.69. The van der Waals surface area contributed by atoms with Crippen LogP contribution in [0.3, 0.4) is 0 Å². The standard InChI is InChI=1S/C24H28N6O3S/c1-28-17-25-27-24(28)34-16-22(31)26-19-6-3-5-18(15-19)23(32)30-12-4-11-29(13-14-30)20-7-9-21(33-2)10-8-20/h3,5-10,15,17H,4,11-14,16H2,1-2H3,(H,26,31). The third kappa shape index (κ3) is 5.88. The molecule has 0 aliphatic carbocycles. The van der Waals surface area contributed by atoms with Gasteiger partial charge in [-0.1, -0.05) is 17.8 Å². The Hall–Kier alpha value is -3.53. The summed E-state index contributed by atoms with van der Waals surface area (Å²) in [4.78, 5) is 29.7. The summed E-state index contributed by atoms with van der Waals surface area (Å²) in [5, 5.41) is 11.3. The maximum absolute atomic E-state index is 13.2. The Labute approximate surface area is 203 Å². The van der Waals surface area contributed by atoms with Gasteiger partial charge in [-0.15, -0.1) is 10.2 Å². The summed E-state index contributed by atoms with van der Waals surface area (Å²) >= 11 is 1.31. The highest BCUT2D eigenvalue weighted by molar-refractivity contribution is 7.99. The number of rotatable bonds is 7. The van der Waals surface area contributed by atoms with Crippen molar-refractivity contribution >= 4 is 35.0 Å². The summed E-state index contributed by atoms with van der Waals surface area (Å²) in [5.41, 5.74) is 2.29. The van der Waals surface area contributed by atoms with E-state index in [2.05, 4.69) is 20.4 Å². The lowest BCUT2D eigenvalue weighted by Crippen LogP contribution is -2.35. The van der Waals surface area contributed by atoms with Crippen LogP contribution in [0.25, 0.3) is 0 Å². The molecule has 1 aliphatic rings. The van der Waals surface area contributed by atoms with Crippen molar-refractivity contribution in [1.82, 2.24) is 19.7 Å². The van der Waals surface area contributed by atoms with Gasteiger partial charge >= 0.3 is 0 Å². The van der Waals surface area contributed by atoms with Crippen molar-refractivity contribution in [3.8, 4) is 5.75 Å². The molecular weight excluding hydrogens is 452 g/mol. The fraction of sp³-hybridized carbons (Fsp3) is 0.333. The zero-order valence-corrected chi connectivity index (χ0v) is 20.1. The van der Waals surface area contributed by atoms with Gasteiger partial charge in [-0.2, -0.15) is 0 Å². The van der Waals surface area contributed by atoms with Gasteiger partial charge in [0.25, 0.3) is 5.91 Å². The number of nitrogens with zero attached hydrogens (tertiary/aromatic N) is 5. The van der Waals surface area contributed by atoms with Crippen molar-refractivity contribution in [2.24, 2.45) is 7.05 Å². The van der Waals surface area contributed by atoms with E-state index in [0.29, 0.717) is 29.5 Å². The van der Waals surface area contributed by atoms with Crippen LogP contribution < -0.4 is 15.0 Å². The van der Waals surface area contributed by atoms with Gasteiger partial charge in [0.15, 0.2) is 5.16 Å². The van der Waals surface area contributed by atoms with E-state index in [-0.39, 0.29) is 17.6 Å². The van der Waals surface area contributed by atoms with Crippen LogP contribution in [0.1, 0.15) is 16.8 Å². The molecule has 2 amide bonds. The van der Waals surface area contributed by atoms with Crippen molar-refractivity contribution in [2.45, 2.75) is 11.6 Å². The first kappa shape index (κ1) is 23.6. The van der Waals surface area contributed by atoms with Gasteiger partial charge in [0.1, 0.15) is 12.1 Å². The van der Waals surface area contributed by atoms with Gasteiger partial charge < -0.3 is 24.4 Å². The smallest absolute Gasteiger partial charge is 0.253 e. The van der Waals surface area contributed by atoms with Gasteiger partial charge in [0.05, 0.1) is 12.9 Å². The maximum Gasteiger partial charge on any atom is 0.253 e. The Bertz CT molecular complexity index is 1130. The van der Waals surface area contributed by atoms with Gasteiger partial charge in [-0.05, 0) is 48.9 Å². The third-order valence-electron chi connectivity index (χ3n) is 5.62. The molecular formula is C24H28N6O3S. The van der Waals surface area contributed by atoms with E-state index in [4.69, 9.17) is 4.74 Å². The maximum atomic E-state index is 13.2. The summed E-state index contributed by atoms with van der Waals surface area (Å²) < 4.78 is 7.00. The monoisotopic (exact) mass is 480 g/mol. The molecule has 0 unspecified atom stereocenters. The van der Waals surface area contributed by atoms with Crippen molar-refractivity contribution in [1.29, 1.82) is 0 Å². The highest BCUT2D eigenvalue weighted by Gasteiger charge is 2.21. The van der Waals surface area contributed by atoms with E-state index in [1.165, 1.54) is 11.8 Å². The number of nitrogens with one attached hydrogen (secondary N) is 1. The van der Waals surface area contributed by atoms with E-state index >= 15 is 0 Å². The lowest BCUT2D eigenvalue weighted by atomic mass is 10.1. The SMILES string of the molecule is COc1ccc(N2CCCN(C(=O)c3cccc(NC(=O)CSc4nncn4C)c3)CC2)cc1. The van der Waals surface area contributed by atoms with Crippen LogP contribution in [0.15, 0.2) is 60.0 Å². The Morgan fingerprint density at radius 2 is 1.91 bits per heavy atom. The van der Waals surface area contributed by atoms with Crippen LogP contribution in [-0.2, 0) is 11.8 Å². The minimum Gasteiger partial charge on any atom is -0.497 e. The molecule has 0 saturated carbocycles. The fourth-order valence-corrected chi connectivity index (χ4v) is 4.50. The average Bonchev–Trinajstić information content (AvgIpc) is 3.11. The Balaban J connectivity index is 1.34. The number of methoxy groups -OCH3 is 1. The Morgan fingerprint density at radius 3 is 2.65 bits per heavy atom. The highest BCUT2D eigenvalue weighted by atomic mass is 32.2. The molecule has 10 heteroatoms. The summed E-state index contributed by atoms with van der Waals surface area (Å²) in [5.74, 6) is 0.844. The summed E-state index contributed by atoms with van der Waals surface area (Å²) in [7, 11) is 3.48. The van der Waals surface area contributed by atoms with E-state index in [1.54, 1.807) is 42.3 Å². The molecule has 1 saturated heterocycles. The molecule has 0 spiro atoms. The molecule has 3 aromatic rings. The van der Waals surface area contributed by atoms with Crippen LogP contribution in [0.5, 0.6) is 5.75 Å². The van der Waals surface area contributed by atoms with E-state index in [0.717, 1.165) is 30.9 Å². The molecule has 1 aliphatic heterocycles. The molecule has 0 bridgehead atoms. The second-order valence-electron chi connectivity index (χ2n) is 7.97. The number of hydrogen-bond donors (Lipinski definition) is 1. The minimum absolute atomic E-state index is 0.0267. The summed E-state index contributed by atoms with van der Waals surface area (Å²) in [6.45, 7) is 2.97. The topological polar surface area (TPSA) is 92.6 Å². The van der Waals surface area contributed by atoms with Crippen LogP contribution in [0.2, 0.25) is 0 Å². The van der Waals surface area contributed by atoms with Gasteiger partial charge in [-0.25, -0.2) is 0 Å². The van der Waals surface area contributed by atoms with Crippen molar-refractivity contribution in [3.05, 3.63) is 60.4 Å². The number of hydrogen-bond acceptors (Lipinski definition) is 7. The molecule has 9 nitrogen and oxygen atoms in total.